The summed E-state index contributed by atoms with van der Waals surface area (Å²) in [6.45, 7) is 10.7. The maximum atomic E-state index is 13.3. The lowest BCUT2D eigenvalue weighted by Crippen LogP contribution is -2.24. The van der Waals surface area contributed by atoms with Gasteiger partial charge in [0.1, 0.15) is 12.5 Å². The Kier molecular flexibility index (Phi) is 7.01. The second kappa shape index (κ2) is 10.1. The van der Waals surface area contributed by atoms with E-state index < -0.39 is 17.9 Å². The Balaban J connectivity index is 1.35. The summed E-state index contributed by atoms with van der Waals surface area (Å²) >= 11 is 0. The summed E-state index contributed by atoms with van der Waals surface area (Å²) in [5, 5.41) is 9.76. The van der Waals surface area contributed by atoms with Gasteiger partial charge in [-0.1, -0.05) is 19.6 Å². The van der Waals surface area contributed by atoms with Crippen molar-refractivity contribution in [1.29, 1.82) is 0 Å². The first-order valence-corrected chi connectivity index (χ1v) is 17.8. The zero-order valence-corrected chi connectivity index (χ0v) is 23.9. The zero-order valence-electron chi connectivity index (χ0n) is 22.1. The Hall–Kier alpha value is -3.28. The molecule has 2 aromatic carbocycles. The number of sulfone groups is 1. The van der Waals surface area contributed by atoms with Crippen molar-refractivity contribution >= 4 is 28.7 Å². The summed E-state index contributed by atoms with van der Waals surface area (Å²) in [6.07, 6.45) is 4.11. The van der Waals surface area contributed by atoms with Crippen molar-refractivity contribution in [3.05, 3.63) is 76.0 Å². The van der Waals surface area contributed by atoms with Crippen LogP contribution in [-0.2, 0) is 34.3 Å². The van der Waals surface area contributed by atoms with Gasteiger partial charge >= 0.3 is 0 Å². The van der Waals surface area contributed by atoms with Gasteiger partial charge in [-0.15, -0.1) is 0 Å². The topological polar surface area (TPSA) is 105 Å². The highest BCUT2D eigenvalue weighted by Crippen LogP contribution is 2.31. The number of nitrogens with zero attached hydrogens (tertiary/aromatic N) is 4. The van der Waals surface area contributed by atoms with Gasteiger partial charge in [-0.25, -0.2) is 17.8 Å². The van der Waals surface area contributed by atoms with Gasteiger partial charge in [0.2, 0.25) is 9.84 Å². The molecule has 1 aliphatic heterocycles. The summed E-state index contributed by atoms with van der Waals surface area (Å²) in [5.41, 5.74) is 2.25. The van der Waals surface area contributed by atoms with E-state index in [4.69, 9.17) is 9.47 Å². The molecular formula is C27H32N4O5SSi. The van der Waals surface area contributed by atoms with Crippen LogP contribution in [0.25, 0.3) is 10.8 Å². The maximum Gasteiger partial charge on any atom is 0.274 e. The van der Waals surface area contributed by atoms with E-state index in [-0.39, 0.29) is 21.9 Å². The van der Waals surface area contributed by atoms with Crippen molar-refractivity contribution in [2.75, 3.05) is 13.2 Å². The molecule has 2 aromatic heterocycles. The van der Waals surface area contributed by atoms with Crippen LogP contribution >= 0.6 is 0 Å². The predicted molar refractivity (Wildman–Crippen MR) is 147 cm³/mol. The smallest absolute Gasteiger partial charge is 0.274 e. The maximum absolute atomic E-state index is 13.3. The molecule has 0 saturated heterocycles. The molecular weight excluding hydrogens is 520 g/mol. The average molecular weight is 553 g/mol. The van der Waals surface area contributed by atoms with Crippen LogP contribution in [-0.4, -0.2) is 49.3 Å². The van der Waals surface area contributed by atoms with Gasteiger partial charge in [0.05, 0.1) is 40.2 Å². The lowest BCUT2D eigenvalue weighted by atomic mass is 10.2. The second-order valence-electron chi connectivity index (χ2n) is 10.9. The monoisotopic (exact) mass is 552 g/mol. The van der Waals surface area contributed by atoms with Crippen molar-refractivity contribution in [3.8, 4) is 5.75 Å². The van der Waals surface area contributed by atoms with Crippen LogP contribution in [0, 0.1) is 6.92 Å². The highest BCUT2D eigenvalue weighted by Gasteiger charge is 2.22. The van der Waals surface area contributed by atoms with Crippen LogP contribution < -0.4 is 10.3 Å². The third kappa shape index (κ3) is 5.45. The van der Waals surface area contributed by atoms with E-state index in [0.29, 0.717) is 37.1 Å². The number of aryl methyl sites for hydroxylation is 1. The Morgan fingerprint density at radius 1 is 1.11 bits per heavy atom. The van der Waals surface area contributed by atoms with E-state index in [0.717, 1.165) is 28.6 Å². The van der Waals surface area contributed by atoms with Gasteiger partial charge in [-0.2, -0.15) is 10.2 Å². The van der Waals surface area contributed by atoms with E-state index in [1.165, 1.54) is 23.0 Å². The van der Waals surface area contributed by atoms with Crippen LogP contribution in [0.5, 0.6) is 5.75 Å². The molecule has 38 heavy (non-hydrogen) atoms. The number of benzene rings is 2. The number of rotatable bonds is 9. The Bertz CT molecular complexity index is 1670. The number of aromatic nitrogens is 4. The van der Waals surface area contributed by atoms with Gasteiger partial charge in [0, 0.05) is 32.7 Å². The van der Waals surface area contributed by atoms with Crippen LogP contribution in [0.1, 0.15) is 16.8 Å². The predicted octanol–water partition coefficient (Wildman–Crippen LogP) is 4.03. The first-order valence-electron chi connectivity index (χ1n) is 12.6. The number of hydrogen-bond acceptors (Lipinski definition) is 7. The van der Waals surface area contributed by atoms with E-state index in [1.807, 2.05) is 13.1 Å². The SMILES string of the molecule is Cc1cn(COCC[Si](C)(C)C)nc1Cn1ncc2cc(S(=O)(=O)c3ccc4c(c3)CCO4)ccc2c1=O. The lowest BCUT2D eigenvalue weighted by Gasteiger charge is -2.15. The molecule has 0 amide bonds. The largest absolute Gasteiger partial charge is 0.493 e. The van der Waals surface area contributed by atoms with Crippen molar-refractivity contribution in [3.63, 3.8) is 0 Å². The van der Waals surface area contributed by atoms with Crippen molar-refractivity contribution in [2.45, 2.75) is 62.1 Å². The molecule has 1 aliphatic rings. The zero-order chi connectivity index (χ0) is 27.1. The molecule has 0 spiro atoms. The molecule has 200 valence electrons. The Morgan fingerprint density at radius 2 is 1.87 bits per heavy atom. The summed E-state index contributed by atoms with van der Waals surface area (Å²) in [4.78, 5) is 13.5. The van der Waals surface area contributed by atoms with Crippen molar-refractivity contribution < 1.29 is 17.9 Å². The molecule has 9 nitrogen and oxygen atoms in total. The minimum absolute atomic E-state index is 0.117. The van der Waals surface area contributed by atoms with Gasteiger partial charge in [0.15, 0.2) is 0 Å². The van der Waals surface area contributed by atoms with E-state index in [1.54, 1.807) is 28.9 Å². The molecule has 11 heteroatoms. The molecule has 0 N–H and O–H groups in total. The normalized spacial score (nSPS) is 13.6. The van der Waals surface area contributed by atoms with Crippen LogP contribution in [0.4, 0.5) is 0 Å². The summed E-state index contributed by atoms with van der Waals surface area (Å²) in [7, 11) is -4.91. The molecule has 0 bridgehead atoms. The molecule has 0 radical (unpaired) electrons. The van der Waals surface area contributed by atoms with Gasteiger partial charge in [-0.3, -0.25) is 4.79 Å². The highest BCUT2D eigenvalue weighted by molar-refractivity contribution is 7.91. The fourth-order valence-corrected chi connectivity index (χ4v) is 6.48. The molecule has 0 saturated carbocycles. The number of ether oxygens (including phenoxy) is 2. The average Bonchev–Trinajstić information content (AvgIpc) is 3.48. The molecule has 3 heterocycles. The standard InChI is InChI=1S/C27H32N4O5SSi/c1-19-16-30(18-35-11-12-38(2,3)4)29-25(19)17-31-27(32)24-7-5-22(14-21(24)15-28-31)37(33,34)23-6-8-26-20(13-23)9-10-36-26/h5-8,13-16H,9-12,17-18H2,1-4H3. The quantitative estimate of drug-likeness (QED) is 0.228. The van der Waals surface area contributed by atoms with Crippen molar-refractivity contribution in [1.82, 2.24) is 19.6 Å². The molecule has 4 aromatic rings. The lowest BCUT2D eigenvalue weighted by molar-refractivity contribution is 0.0782. The summed E-state index contributed by atoms with van der Waals surface area (Å²) in [5.74, 6) is 0.724. The van der Waals surface area contributed by atoms with Gasteiger partial charge in [-0.05, 0) is 60.5 Å². The van der Waals surface area contributed by atoms with Crippen LogP contribution in [0.2, 0.25) is 25.7 Å². The first kappa shape index (κ1) is 26.3. The van der Waals surface area contributed by atoms with E-state index in [2.05, 4.69) is 29.8 Å². The molecule has 5 rings (SSSR count). The summed E-state index contributed by atoms with van der Waals surface area (Å²) < 4.78 is 40.9. The first-order chi connectivity index (χ1) is 18.0. The molecule has 0 aliphatic carbocycles. The molecule has 0 fully saturated rings. The third-order valence-electron chi connectivity index (χ3n) is 6.67. The minimum Gasteiger partial charge on any atom is -0.493 e. The third-order valence-corrected chi connectivity index (χ3v) is 10.1. The number of hydrogen-bond donors (Lipinski definition) is 0. The van der Waals surface area contributed by atoms with E-state index in [9.17, 15) is 13.2 Å². The van der Waals surface area contributed by atoms with Crippen LogP contribution in [0.15, 0.2) is 63.4 Å². The Labute approximate surface area is 222 Å². The Morgan fingerprint density at radius 3 is 2.66 bits per heavy atom. The fraction of sp³-hybridized carbons (Fsp3) is 0.370. The fourth-order valence-electron chi connectivity index (χ4n) is 4.37. The van der Waals surface area contributed by atoms with Gasteiger partial charge < -0.3 is 9.47 Å². The summed E-state index contributed by atoms with van der Waals surface area (Å²) in [6, 6.07) is 10.5. The highest BCUT2D eigenvalue weighted by atomic mass is 32.2. The van der Waals surface area contributed by atoms with Gasteiger partial charge in [0.25, 0.3) is 5.56 Å². The molecule has 0 unspecified atom stereocenters. The molecule has 0 atom stereocenters. The minimum atomic E-state index is -3.76. The second-order valence-corrected chi connectivity index (χ2v) is 18.4. The van der Waals surface area contributed by atoms with Crippen molar-refractivity contribution in [2.24, 2.45) is 0 Å². The van der Waals surface area contributed by atoms with E-state index >= 15 is 0 Å². The number of fused-ring (bicyclic) bond motifs is 2. The van der Waals surface area contributed by atoms with Crippen LogP contribution in [0.3, 0.4) is 0 Å².